The van der Waals surface area contributed by atoms with Crippen LogP contribution in [0.4, 0.5) is 0 Å². The molecule has 0 radical (unpaired) electrons. The fourth-order valence-corrected chi connectivity index (χ4v) is 0. The molecule has 11 N–H and O–H groups in total. The Hall–Kier alpha value is 0.130. The molecule has 0 amide bonds. The monoisotopic (exact) mass is 118 g/mol. The first-order valence-corrected chi connectivity index (χ1v) is 0.577. The molecule has 0 aromatic carbocycles. The number of hydrogen-bond donors (Lipinski definition) is 4. The van der Waals surface area contributed by atoms with Crippen LogP contribution in [0.15, 0.2) is 0 Å². The maximum Gasteiger partial charge on any atom is -0.0195 e. The van der Waals surface area contributed by atoms with E-state index in [1.807, 2.05) is 0 Å². The lowest BCUT2D eigenvalue weighted by Gasteiger charge is -1.19. The number of halogens is 1. The average molecular weight is 119 g/mol. The third-order valence-corrected chi connectivity index (χ3v) is 0. The Kier molecular flexibility index (Phi) is 109000. The summed E-state index contributed by atoms with van der Waals surface area (Å²) in [5.41, 5.74) is 4.50. The summed E-state index contributed by atoms with van der Waals surface area (Å²) in [4.78, 5) is 0. The van der Waals surface area contributed by atoms with Crippen molar-refractivity contribution in [2.24, 2.45) is 5.73 Å². The van der Waals surface area contributed by atoms with E-state index in [9.17, 15) is 0 Å². The van der Waals surface area contributed by atoms with Gasteiger partial charge in [-0.3, -0.25) is 0 Å². The van der Waals surface area contributed by atoms with E-state index in [0.717, 1.165) is 0 Å². The summed E-state index contributed by atoms with van der Waals surface area (Å²) in [6.07, 6.45) is 0. The van der Waals surface area contributed by atoms with Crippen molar-refractivity contribution in [2.45, 2.75) is 0 Å². The topological polar surface area (TPSA) is 131 Å². The molecule has 0 unspecified atom stereocenters. The molecule has 0 bridgehead atoms. The number of nitrogens with two attached hydrogens (primary N) is 1. The molecular formula is CH15ClN4. The number of hydrogen-bond acceptors (Lipinski definition) is 4. The molecule has 0 aliphatic carbocycles. The molecule has 46 valence electrons. The van der Waals surface area contributed by atoms with E-state index >= 15 is 0 Å². The third-order valence-electron chi connectivity index (χ3n) is 0. The van der Waals surface area contributed by atoms with Gasteiger partial charge >= 0.3 is 0 Å². The van der Waals surface area contributed by atoms with Crippen LogP contribution in [-0.2, 0) is 0 Å². The van der Waals surface area contributed by atoms with E-state index in [2.05, 4.69) is 5.73 Å². The zero-order valence-corrected chi connectivity index (χ0v) is 4.92. The van der Waals surface area contributed by atoms with Crippen LogP contribution in [0.5, 0.6) is 0 Å². The summed E-state index contributed by atoms with van der Waals surface area (Å²) in [7, 11) is 1.50. The quantitative estimate of drug-likeness (QED) is 0.368. The third kappa shape index (κ3) is 2390. The molecule has 0 fully saturated rings. The van der Waals surface area contributed by atoms with Gasteiger partial charge in [0.1, 0.15) is 0 Å². The molecule has 0 aliphatic rings. The van der Waals surface area contributed by atoms with Gasteiger partial charge in [0.25, 0.3) is 0 Å². The lowest BCUT2D eigenvalue weighted by atomic mass is 11.6. The highest BCUT2D eigenvalue weighted by molar-refractivity contribution is 5.85. The minimum atomic E-state index is 0. The standard InChI is InChI=1S/CH5N.ClH.3H3N/c1-2;;;;/h2H2,1H3;1H;3*1H3. The summed E-state index contributed by atoms with van der Waals surface area (Å²) >= 11 is 0. The second-order valence-corrected chi connectivity index (χ2v) is 0. The Morgan fingerprint density at radius 1 is 0.833 bits per heavy atom. The van der Waals surface area contributed by atoms with Gasteiger partial charge in [-0.05, 0) is 7.05 Å². The van der Waals surface area contributed by atoms with E-state index in [1.54, 1.807) is 0 Å². The highest BCUT2D eigenvalue weighted by atomic mass is 35.5. The molecule has 5 heteroatoms. The zero-order valence-electron chi connectivity index (χ0n) is 4.11. The smallest absolute Gasteiger partial charge is 0.0195 e. The van der Waals surface area contributed by atoms with Crippen molar-refractivity contribution in [3.05, 3.63) is 0 Å². The highest BCUT2D eigenvalue weighted by Crippen LogP contribution is 0.690. The second-order valence-electron chi connectivity index (χ2n) is 0. The molecule has 0 saturated heterocycles. The molecule has 0 aromatic heterocycles. The van der Waals surface area contributed by atoms with Crippen molar-refractivity contribution in [2.75, 3.05) is 7.05 Å². The van der Waals surface area contributed by atoms with Crippen LogP contribution in [0.2, 0.25) is 0 Å². The molecule has 4 nitrogen and oxygen atoms in total. The van der Waals surface area contributed by atoms with Gasteiger partial charge in [-0.2, -0.15) is 0 Å². The molecular weight excluding hydrogens is 103 g/mol. The molecule has 0 rings (SSSR count). The van der Waals surface area contributed by atoms with E-state index in [1.165, 1.54) is 7.05 Å². The van der Waals surface area contributed by atoms with Gasteiger partial charge in [0.2, 0.25) is 0 Å². The maximum absolute atomic E-state index is 4.50. The fraction of sp³-hybridized carbons (Fsp3) is 1.00. The summed E-state index contributed by atoms with van der Waals surface area (Å²) in [6.45, 7) is 0. The van der Waals surface area contributed by atoms with Crippen molar-refractivity contribution in [1.82, 2.24) is 18.5 Å². The Morgan fingerprint density at radius 3 is 0.833 bits per heavy atom. The molecule has 0 aliphatic heterocycles. The minimum absolute atomic E-state index is 0. The average Bonchev–Trinajstić information content (AvgIpc) is 1.00. The van der Waals surface area contributed by atoms with Gasteiger partial charge < -0.3 is 24.2 Å². The molecule has 0 saturated carbocycles. The Morgan fingerprint density at radius 2 is 0.833 bits per heavy atom. The normalized spacial score (nSPS) is 1.00. The van der Waals surface area contributed by atoms with Gasteiger partial charge in [-0.15, -0.1) is 12.4 Å². The van der Waals surface area contributed by atoms with Crippen molar-refractivity contribution < 1.29 is 0 Å². The van der Waals surface area contributed by atoms with Crippen molar-refractivity contribution in [3.63, 3.8) is 0 Å². The highest BCUT2D eigenvalue weighted by Gasteiger charge is 0.836. The summed E-state index contributed by atoms with van der Waals surface area (Å²) < 4.78 is 0. The van der Waals surface area contributed by atoms with Crippen molar-refractivity contribution >= 4 is 12.4 Å². The molecule has 0 atom stereocenters. The SMILES string of the molecule is CN.Cl.N.N.N. The lowest BCUT2D eigenvalue weighted by Crippen LogP contribution is -1.69. The minimum Gasteiger partial charge on any atom is -0.344 e. The predicted molar refractivity (Wildman–Crippen MR) is 32.4 cm³/mol. The van der Waals surface area contributed by atoms with E-state index < -0.39 is 0 Å². The Balaban J connectivity index is -0.000000000833. The van der Waals surface area contributed by atoms with Crippen LogP contribution in [0.3, 0.4) is 0 Å². The van der Waals surface area contributed by atoms with E-state index in [4.69, 9.17) is 0 Å². The van der Waals surface area contributed by atoms with Crippen LogP contribution in [0.25, 0.3) is 0 Å². The number of rotatable bonds is 0. The second kappa shape index (κ2) is 5180. The van der Waals surface area contributed by atoms with Gasteiger partial charge in [0, 0.05) is 0 Å². The zero-order chi connectivity index (χ0) is 2.00. The molecule has 6 heavy (non-hydrogen) atoms. The van der Waals surface area contributed by atoms with Crippen LogP contribution in [0, 0.1) is 0 Å². The molecule has 0 spiro atoms. The first-order chi connectivity index (χ1) is 1.00. The molecule has 0 aromatic rings. The van der Waals surface area contributed by atoms with Crippen molar-refractivity contribution in [3.8, 4) is 0 Å². The first kappa shape index (κ1) is 126. The maximum atomic E-state index is 4.50. The fourth-order valence-electron chi connectivity index (χ4n) is 0. The lowest BCUT2D eigenvalue weighted by molar-refractivity contribution is 1.48. The summed E-state index contributed by atoms with van der Waals surface area (Å²) in [6, 6.07) is 0. The van der Waals surface area contributed by atoms with Crippen LogP contribution in [-0.4, -0.2) is 7.05 Å². The Labute approximate surface area is 44.6 Å². The van der Waals surface area contributed by atoms with Gasteiger partial charge in [-0.1, -0.05) is 0 Å². The van der Waals surface area contributed by atoms with Crippen LogP contribution < -0.4 is 24.2 Å². The Bertz CT molecular complexity index is 7.51. The summed E-state index contributed by atoms with van der Waals surface area (Å²) in [5.74, 6) is 0. The van der Waals surface area contributed by atoms with Crippen LogP contribution in [0.1, 0.15) is 0 Å². The van der Waals surface area contributed by atoms with E-state index in [0.29, 0.717) is 0 Å². The largest absolute Gasteiger partial charge is 0.344 e. The van der Waals surface area contributed by atoms with Gasteiger partial charge in [-0.25, -0.2) is 0 Å². The van der Waals surface area contributed by atoms with Crippen LogP contribution >= 0.6 is 12.4 Å². The first-order valence-electron chi connectivity index (χ1n) is 0.577. The predicted octanol–water partition coefficient (Wildman–Crippen LogP) is 0.483. The summed E-state index contributed by atoms with van der Waals surface area (Å²) in [5, 5.41) is 0. The van der Waals surface area contributed by atoms with Gasteiger partial charge in [0.05, 0.1) is 0 Å². The van der Waals surface area contributed by atoms with E-state index in [-0.39, 0.29) is 30.9 Å². The van der Waals surface area contributed by atoms with Crippen molar-refractivity contribution in [1.29, 1.82) is 0 Å². The molecule has 0 heterocycles. The van der Waals surface area contributed by atoms with Gasteiger partial charge in [0.15, 0.2) is 0 Å².